The number of benzene rings is 2. The van der Waals surface area contributed by atoms with E-state index in [4.69, 9.17) is 0 Å². The Labute approximate surface area is 200 Å². The van der Waals surface area contributed by atoms with Crippen molar-refractivity contribution >= 4 is 29.0 Å². The van der Waals surface area contributed by atoms with Gasteiger partial charge in [-0.1, -0.05) is 44.2 Å². The molecule has 0 aliphatic rings. The molecule has 7 nitrogen and oxygen atoms in total. The molecule has 0 saturated carbocycles. The van der Waals surface area contributed by atoms with Crippen molar-refractivity contribution in [2.24, 2.45) is 0 Å². The Balaban J connectivity index is 1.55. The van der Waals surface area contributed by atoms with Crippen LogP contribution in [0.1, 0.15) is 30.8 Å². The first kappa shape index (κ1) is 23.4. The normalized spacial score (nSPS) is 11.7. The Hall–Kier alpha value is -3.71. The van der Waals surface area contributed by atoms with Gasteiger partial charge in [-0.25, -0.2) is 9.67 Å². The first-order chi connectivity index (χ1) is 16.5. The SMILES string of the molecule is CCN(CC)CCn1c(NC(=O)/C=C/c2c(C)nn(-c3ccccc3)c2C)nc2ccccc21. The predicted octanol–water partition coefficient (Wildman–Crippen LogP) is 4.83. The number of aromatic nitrogens is 4. The Morgan fingerprint density at radius 1 is 1.03 bits per heavy atom. The number of nitrogens with zero attached hydrogens (tertiary/aromatic N) is 5. The predicted molar refractivity (Wildman–Crippen MR) is 138 cm³/mol. The largest absolute Gasteiger partial charge is 0.309 e. The van der Waals surface area contributed by atoms with Crippen LogP contribution in [0.5, 0.6) is 0 Å². The topological polar surface area (TPSA) is 68.0 Å². The summed E-state index contributed by atoms with van der Waals surface area (Å²) in [6.45, 7) is 11.9. The van der Waals surface area contributed by atoms with E-state index >= 15 is 0 Å². The number of aryl methyl sites for hydroxylation is 1. The van der Waals surface area contributed by atoms with Gasteiger partial charge < -0.3 is 9.47 Å². The molecule has 2 aromatic carbocycles. The number of carbonyl (C=O) groups is 1. The Morgan fingerprint density at radius 2 is 1.74 bits per heavy atom. The minimum atomic E-state index is -0.217. The van der Waals surface area contributed by atoms with E-state index < -0.39 is 0 Å². The van der Waals surface area contributed by atoms with Crippen molar-refractivity contribution in [3.05, 3.63) is 77.6 Å². The zero-order valence-corrected chi connectivity index (χ0v) is 20.3. The second-order valence-corrected chi connectivity index (χ2v) is 8.26. The molecule has 0 bridgehead atoms. The highest BCUT2D eigenvalue weighted by atomic mass is 16.1. The number of rotatable bonds is 9. The fourth-order valence-electron chi connectivity index (χ4n) is 4.21. The average Bonchev–Trinajstić information content (AvgIpc) is 3.34. The van der Waals surface area contributed by atoms with Crippen LogP contribution in [0.15, 0.2) is 60.7 Å². The van der Waals surface area contributed by atoms with E-state index in [1.165, 1.54) is 0 Å². The molecule has 2 aromatic heterocycles. The van der Waals surface area contributed by atoms with Gasteiger partial charge in [-0.2, -0.15) is 5.10 Å². The summed E-state index contributed by atoms with van der Waals surface area (Å²) < 4.78 is 3.99. The molecule has 1 amide bonds. The minimum Gasteiger partial charge on any atom is -0.309 e. The highest BCUT2D eigenvalue weighted by molar-refractivity contribution is 6.02. The summed E-state index contributed by atoms with van der Waals surface area (Å²) in [5.74, 6) is 0.349. The maximum absolute atomic E-state index is 12.9. The molecule has 0 fully saturated rings. The summed E-state index contributed by atoms with van der Waals surface area (Å²) in [5, 5.41) is 7.64. The van der Waals surface area contributed by atoms with E-state index in [9.17, 15) is 4.79 Å². The lowest BCUT2D eigenvalue weighted by Gasteiger charge is -2.19. The molecule has 7 heteroatoms. The lowest BCUT2D eigenvalue weighted by Crippen LogP contribution is -2.27. The van der Waals surface area contributed by atoms with Gasteiger partial charge in [0.2, 0.25) is 5.95 Å². The van der Waals surface area contributed by atoms with Crippen LogP contribution in [-0.2, 0) is 11.3 Å². The Bertz CT molecular complexity index is 1300. The average molecular weight is 457 g/mol. The van der Waals surface area contributed by atoms with E-state index in [1.54, 1.807) is 6.08 Å². The number of amides is 1. The van der Waals surface area contributed by atoms with Crippen molar-refractivity contribution in [2.45, 2.75) is 34.2 Å². The van der Waals surface area contributed by atoms with E-state index in [0.29, 0.717) is 5.95 Å². The van der Waals surface area contributed by atoms with Gasteiger partial charge in [-0.3, -0.25) is 10.1 Å². The van der Waals surface area contributed by atoms with E-state index in [2.05, 4.69) is 38.7 Å². The van der Waals surface area contributed by atoms with Gasteiger partial charge in [0.1, 0.15) is 0 Å². The van der Waals surface area contributed by atoms with Crippen LogP contribution < -0.4 is 5.32 Å². The summed E-state index contributed by atoms with van der Waals surface area (Å²) >= 11 is 0. The lowest BCUT2D eigenvalue weighted by atomic mass is 10.2. The van der Waals surface area contributed by atoms with Crippen LogP contribution in [-0.4, -0.2) is 49.8 Å². The fourth-order valence-corrected chi connectivity index (χ4v) is 4.21. The van der Waals surface area contributed by atoms with Crippen LogP contribution in [0, 0.1) is 13.8 Å². The van der Waals surface area contributed by atoms with Crippen LogP contribution >= 0.6 is 0 Å². The van der Waals surface area contributed by atoms with Gasteiger partial charge in [-0.05, 0) is 57.3 Å². The number of imidazole rings is 1. The quantitative estimate of drug-likeness (QED) is 0.366. The van der Waals surface area contributed by atoms with E-state index in [1.807, 2.05) is 79.2 Å². The molecular formula is C27H32N6O. The molecule has 4 rings (SSSR count). The molecule has 0 spiro atoms. The molecule has 0 aliphatic heterocycles. The van der Waals surface area contributed by atoms with Crippen molar-refractivity contribution in [1.29, 1.82) is 0 Å². The summed E-state index contributed by atoms with van der Waals surface area (Å²) in [6, 6.07) is 18.0. The second-order valence-electron chi connectivity index (χ2n) is 8.26. The second kappa shape index (κ2) is 10.5. The molecule has 1 N–H and O–H groups in total. The van der Waals surface area contributed by atoms with Crippen molar-refractivity contribution in [3.63, 3.8) is 0 Å². The fraction of sp³-hybridized carbons (Fsp3) is 0.296. The molecule has 0 unspecified atom stereocenters. The summed E-state index contributed by atoms with van der Waals surface area (Å²) in [6.07, 6.45) is 3.38. The molecule has 34 heavy (non-hydrogen) atoms. The van der Waals surface area contributed by atoms with Crippen LogP contribution in [0.4, 0.5) is 5.95 Å². The molecule has 176 valence electrons. The van der Waals surface area contributed by atoms with Crippen LogP contribution in [0.3, 0.4) is 0 Å². The standard InChI is InChI=1S/C27H32N6O/c1-5-31(6-2)18-19-32-25-15-11-10-14-24(25)28-27(32)29-26(34)17-16-23-20(3)30-33(21(23)4)22-12-8-7-9-13-22/h7-17H,5-6,18-19H2,1-4H3,(H,28,29,34)/b17-16+. The van der Waals surface area contributed by atoms with Crippen LogP contribution in [0.25, 0.3) is 22.8 Å². The van der Waals surface area contributed by atoms with Crippen molar-refractivity contribution in [2.75, 3.05) is 25.0 Å². The molecule has 0 radical (unpaired) electrons. The summed E-state index contributed by atoms with van der Waals surface area (Å²) in [4.78, 5) is 19.9. The van der Waals surface area contributed by atoms with Crippen LogP contribution in [0.2, 0.25) is 0 Å². The highest BCUT2D eigenvalue weighted by Crippen LogP contribution is 2.21. The number of hydrogen-bond donors (Lipinski definition) is 1. The van der Waals surface area contributed by atoms with Gasteiger partial charge >= 0.3 is 0 Å². The summed E-state index contributed by atoms with van der Waals surface area (Å²) in [5.41, 5.74) is 5.68. The van der Waals surface area contributed by atoms with Crippen molar-refractivity contribution in [1.82, 2.24) is 24.2 Å². The van der Waals surface area contributed by atoms with Crippen molar-refractivity contribution in [3.8, 4) is 5.69 Å². The number of hydrogen-bond acceptors (Lipinski definition) is 4. The Kier molecular flexibility index (Phi) is 7.23. The molecular weight excluding hydrogens is 424 g/mol. The monoisotopic (exact) mass is 456 g/mol. The van der Waals surface area contributed by atoms with Gasteiger partial charge in [0, 0.05) is 30.4 Å². The smallest absolute Gasteiger partial charge is 0.250 e. The maximum atomic E-state index is 12.9. The maximum Gasteiger partial charge on any atom is 0.250 e. The minimum absolute atomic E-state index is 0.217. The van der Waals surface area contributed by atoms with Gasteiger partial charge in [0.05, 0.1) is 22.4 Å². The zero-order chi connectivity index (χ0) is 24.1. The lowest BCUT2D eigenvalue weighted by molar-refractivity contribution is -0.111. The number of anilines is 1. The molecule has 0 aliphatic carbocycles. The highest BCUT2D eigenvalue weighted by Gasteiger charge is 2.14. The van der Waals surface area contributed by atoms with Crippen molar-refractivity contribution < 1.29 is 4.79 Å². The number of nitrogens with one attached hydrogen (secondary N) is 1. The van der Waals surface area contributed by atoms with Gasteiger partial charge in [0.25, 0.3) is 5.91 Å². The molecule has 2 heterocycles. The third kappa shape index (κ3) is 4.94. The third-order valence-corrected chi connectivity index (χ3v) is 6.17. The number of para-hydroxylation sites is 3. The van der Waals surface area contributed by atoms with E-state index in [-0.39, 0.29) is 5.91 Å². The Morgan fingerprint density at radius 3 is 2.47 bits per heavy atom. The molecule has 0 atom stereocenters. The van der Waals surface area contributed by atoms with E-state index in [0.717, 1.165) is 59.9 Å². The molecule has 4 aromatic rings. The number of likely N-dealkylation sites (N-methyl/N-ethyl adjacent to an activating group) is 1. The first-order valence-electron chi connectivity index (χ1n) is 11.8. The zero-order valence-electron chi connectivity index (χ0n) is 20.3. The summed E-state index contributed by atoms with van der Waals surface area (Å²) in [7, 11) is 0. The first-order valence-corrected chi connectivity index (χ1v) is 11.8. The van der Waals surface area contributed by atoms with Gasteiger partial charge in [0.15, 0.2) is 0 Å². The molecule has 0 saturated heterocycles. The number of fused-ring (bicyclic) bond motifs is 1. The third-order valence-electron chi connectivity index (χ3n) is 6.17. The van der Waals surface area contributed by atoms with Gasteiger partial charge in [-0.15, -0.1) is 0 Å². The number of carbonyl (C=O) groups excluding carboxylic acids is 1.